The molecule has 0 amide bonds. The molecule has 0 saturated carbocycles. The van der Waals surface area contributed by atoms with Gasteiger partial charge in [-0.25, -0.2) is 0 Å². The summed E-state index contributed by atoms with van der Waals surface area (Å²) in [5, 5.41) is 3.55. The molecule has 1 N–H and O–H groups in total. The van der Waals surface area contributed by atoms with Gasteiger partial charge in [0.15, 0.2) is 5.96 Å². The fourth-order valence-electron chi connectivity index (χ4n) is 4.19. The number of hydrogen-bond donors (Lipinski definition) is 1. The third kappa shape index (κ3) is 5.66. The summed E-state index contributed by atoms with van der Waals surface area (Å²) in [5.41, 5.74) is 0.469. The number of likely N-dealkylation sites (tertiary alicyclic amines) is 2. The molecule has 2 rings (SSSR count). The summed E-state index contributed by atoms with van der Waals surface area (Å²) in [6.45, 7) is 13.7. The monoisotopic (exact) mass is 322 g/mol. The number of guanidine groups is 1. The van der Waals surface area contributed by atoms with Crippen molar-refractivity contribution in [3.05, 3.63) is 0 Å². The number of piperidine rings is 2. The standard InChI is InChI=1S/C19H38N4/c1-5-10-19(3)11-7-12-23(16-19)18(20-6-2)21-15-17-8-13-22(4)14-9-17/h17H,5-16H2,1-4H3,(H,20,21). The van der Waals surface area contributed by atoms with Gasteiger partial charge in [0.2, 0.25) is 0 Å². The second-order valence-corrected chi connectivity index (χ2v) is 8.03. The Morgan fingerprint density at radius 2 is 1.96 bits per heavy atom. The van der Waals surface area contributed by atoms with Crippen LogP contribution >= 0.6 is 0 Å². The molecule has 0 radical (unpaired) electrons. The van der Waals surface area contributed by atoms with Crippen LogP contribution < -0.4 is 5.32 Å². The molecular formula is C19H38N4. The normalized spacial score (nSPS) is 28.2. The largest absolute Gasteiger partial charge is 0.357 e. The lowest BCUT2D eigenvalue weighted by Crippen LogP contribution is -2.50. The summed E-state index contributed by atoms with van der Waals surface area (Å²) in [6.07, 6.45) is 7.88. The summed E-state index contributed by atoms with van der Waals surface area (Å²) in [4.78, 5) is 9.99. The van der Waals surface area contributed by atoms with Crippen molar-refractivity contribution in [2.75, 3.05) is 46.3 Å². The number of rotatable bonds is 5. The van der Waals surface area contributed by atoms with E-state index in [-0.39, 0.29) is 0 Å². The van der Waals surface area contributed by atoms with Crippen molar-refractivity contribution < 1.29 is 0 Å². The Bertz CT molecular complexity index is 370. The Hall–Kier alpha value is -0.770. The Labute approximate surface area is 143 Å². The molecule has 2 aliphatic rings. The lowest BCUT2D eigenvalue weighted by Gasteiger charge is -2.42. The molecule has 23 heavy (non-hydrogen) atoms. The van der Waals surface area contributed by atoms with Gasteiger partial charge in [0.1, 0.15) is 0 Å². The summed E-state index contributed by atoms with van der Waals surface area (Å²) < 4.78 is 0. The van der Waals surface area contributed by atoms with E-state index in [2.05, 4.69) is 42.9 Å². The molecular weight excluding hydrogens is 284 g/mol. The van der Waals surface area contributed by atoms with Crippen molar-refractivity contribution >= 4 is 5.96 Å². The first-order valence-electron chi connectivity index (χ1n) is 9.78. The van der Waals surface area contributed by atoms with E-state index in [1.165, 1.54) is 64.7 Å². The zero-order chi connectivity index (χ0) is 16.7. The molecule has 2 fully saturated rings. The van der Waals surface area contributed by atoms with Gasteiger partial charge in [0.05, 0.1) is 0 Å². The Morgan fingerprint density at radius 1 is 1.22 bits per heavy atom. The number of hydrogen-bond acceptors (Lipinski definition) is 2. The number of nitrogens with one attached hydrogen (secondary N) is 1. The minimum absolute atomic E-state index is 0.469. The van der Waals surface area contributed by atoms with Gasteiger partial charge < -0.3 is 15.1 Å². The van der Waals surface area contributed by atoms with Crippen LogP contribution in [0.4, 0.5) is 0 Å². The molecule has 1 unspecified atom stereocenters. The fraction of sp³-hybridized carbons (Fsp3) is 0.947. The van der Waals surface area contributed by atoms with Gasteiger partial charge in [-0.1, -0.05) is 20.3 Å². The van der Waals surface area contributed by atoms with E-state index in [0.717, 1.165) is 25.0 Å². The molecule has 2 heterocycles. The number of nitrogens with zero attached hydrogens (tertiary/aromatic N) is 3. The molecule has 2 aliphatic heterocycles. The number of aliphatic imine (C=N–C) groups is 1. The SMILES string of the molecule is CCCC1(C)CCCN(C(=NCC2CCN(C)CC2)NCC)C1. The van der Waals surface area contributed by atoms with E-state index < -0.39 is 0 Å². The van der Waals surface area contributed by atoms with Gasteiger partial charge in [0, 0.05) is 26.2 Å². The zero-order valence-electron chi connectivity index (χ0n) is 15.9. The Kier molecular flexibility index (Phi) is 7.19. The minimum Gasteiger partial charge on any atom is -0.357 e. The highest BCUT2D eigenvalue weighted by molar-refractivity contribution is 5.80. The summed E-state index contributed by atoms with van der Waals surface area (Å²) in [5.74, 6) is 1.93. The van der Waals surface area contributed by atoms with Crippen LogP contribution in [0.1, 0.15) is 59.3 Å². The second-order valence-electron chi connectivity index (χ2n) is 8.03. The van der Waals surface area contributed by atoms with Crippen LogP contribution in [-0.2, 0) is 0 Å². The minimum atomic E-state index is 0.469. The van der Waals surface area contributed by atoms with E-state index in [1.54, 1.807) is 0 Å². The zero-order valence-corrected chi connectivity index (χ0v) is 15.9. The molecule has 0 bridgehead atoms. The molecule has 1 atom stereocenters. The third-order valence-electron chi connectivity index (χ3n) is 5.61. The lowest BCUT2D eigenvalue weighted by atomic mass is 9.78. The highest BCUT2D eigenvalue weighted by atomic mass is 15.3. The van der Waals surface area contributed by atoms with Gasteiger partial charge in [-0.2, -0.15) is 0 Å². The van der Waals surface area contributed by atoms with Crippen molar-refractivity contribution in [1.82, 2.24) is 15.1 Å². The average molecular weight is 323 g/mol. The molecule has 4 nitrogen and oxygen atoms in total. The van der Waals surface area contributed by atoms with Gasteiger partial charge in [-0.3, -0.25) is 4.99 Å². The lowest BCUT2D eigenvalue weighted by molar-refractivity contribution is 0.142. The van der Waals surface area contributed by atoms with Crippen LogP contribution in [-0.4, -0.2) is 62.1 Å². The molecule has 2 saturated heterocycles. The van der Waals surface area contributed by atoms with Gasteiger partial charge in [0.25, 0.3) is 0 Å². The highest BCUT2D eigenvalue weighted by Gasteiger charge is 2.31. The van der Waals surface area contributed by atoms with E-state index in [1.807, 2.05) is 0 Å². The van der Waals surface area contributed by atoms with Gasteiger partial charge in [-0.05, 0) is 70.5 Å². The van der Waals surface area contributed by atoms with Crippen molar-refractivity contribution in [2.45, 2.75) is 59.3 Å². The van der Waals surface area contributed by atoms with Crippen molar-refractivity contribution in [1.29, 1.82) is 0 Å². The Balaban J connectivity index is 1.95. The average Bonchev–Trinajstić information content (AvgIpc) is 2.53. The topological polar surface area (TPSA) is 30.9 Å². The van der Waals surface area contributed by atoms with Crippen LogP contribution in [0, 0.1) is 11.3 Å². The van der Waals surface area contributed by atoms with Gasteiger partial charge in [-0.15, -0.1) is 0 Å². The summed E-state index contributed by atoms with van der Waals surface area (Å²) >= 11 is 0. The maximum atomic E-state index is 5.02. The molecule has 134 valence electrons. The van der Waals surface area contributed by atoms with Crippen LogP contribution in [0.2, 0.25) is 0 Å². The molecule has 0 aromatic rings. The quantitative estimate of drug-likeness (QED) is 0.623. The maximum absolute atomic E-state index is 5.02. The predicted octanol–water partition coefficient (Wildman–Crippen LogP) is 3.20. The third-order valence-corrected chi connectivity index (χ3v) is 5.61. The first kappa shape index (κ1) is 18.6. The first-order valence-corrected chi connectivity index (χ1v) is 9.78. The van der Waals surface area contributed by atoms with Crippen LogP contribution in [0.25, 0.3) is 0 Å². The highest BCUT2D eigenvalue weighted by Crippen LogP contribution is 2.34. The molecule has 0 aromatic heterocycles. The van der Waals surface area contributed by atoms with Crippen LogP contribution in [0.15, 0.2) is 4.99 Å². The van der Waals surface area contributed by atoms with E-state index in [4.69, 9.17) is 4.99 Å². The van der Waals surface area contributed by atoms with Gasteiger partial charge >= 0.3 is 0 Å². The summed E-state index contributed by atoms with van der Waals surface area (Å²) in [7, 11) is 2.23. The van der Waals surface area contributed by atoms with Crippen molar-refractivity contribution in [3.63, 3.8) is 0 Å². The van der Waals surface area contributed by atoms with Crippen molar-refractivity contribution in [2.24, 2.45) is 16.3 Å². The van der Waals surface area contributed by atoms with E-state index >= 15 is 0 Å². The summed E-state index contributed by atoms with van der Waals surface area (Å²) in [6, 6.07) is 0. The van der Waals surface area contributed by atoms with E-state index in [9.17, 15) is 0 Å². The molecule has 0 aromatic carbocycles. The molecule has 4 heteroatoms. The smallest absolute Gasteiger partial charge is 0.193 e. The first-order chi connectivity index (χ1) is 11.1. The molecule has 0 aliphatic carbocycles. The molecule has 0 spiro atoms. The Morgan fingerprint density at radius 3 is 2.61 bits per heavy atom. The predicted molar refractivity (Wildman–Crippen MR) is 100 cm³/mol. The van der Waals surface area contributed by atoms with E-state index in [0.29, 0.717) is 5.41 Å². The van der Waals surface area contributed by atoms with Crippen LogP contribution in [0.3, 0.4) is 0 Å². The fourth-order valence-corrected chi connectivity index (χ4v) is 4.19. The second kappa shape index (κ2) is 8.91. The van der Waals surface area contributed by atoms with Crippen molar-refractivity contribution in [3.8, 4) is 0 Å². The van der Waals surface area contributed by atoms with Crippen LogP contribution in [0.5, 0.6) is 0 Å². The maximum Gasteiger partial charge on any atom is 0.193 e.